The first-order chi connectivity index (χ1) is 9.18. The summed E-state index contributed by atoms with van der Waals surface area (Å²) in [5, 5.41) is 0. The van der Waals surface area contributed by atoms with Gasteiger partial charge in [0.25, 0.3) is 5.91 Å². The van der Waals surface area contributed by atoms with Crippen molar-refractivity contribution in [2.45, 2.75) is 0 Å². The van der Waals surface area contributed by atoms with E-state index in [1.807, 2.05) is 0 Å². The molecule has 1 aromatic carbocycles. The molecule has 0 bridgehead atoms. The summed E-state index contributed by atoms with van der Waals surface area (Å²) in [5.74, 6) is -0.664. The first kappa shape index (κ1) is 11.4. The van der Waals surface area contributed by atoms with Gasteiger partial charge in [-0.3, -0.25) is 9.20 Å². The molecule has 0 saturated carbocycles. The molecule has 4 nitrogen and oxygen atoms in total. The van der Waals surface area contributed by atoms with Crippen LogP contribution in [0.4, 0.5) is 4.39 Å². The molecule has 3 rings (SSSR count). The summed E-state index contributed by atoms with van der Waals surface area (Å²) in [5.41, 5.74) is 6.33. The van der Waals surface area contributed by atoms with Gasteiger partial charge in [-0.2, -0.15) is 0 Å². The van der Waals surface area contributed by atoms with Crippen LogP contribution in [0.15, 0.2) is 48.7 Å². The SMILES string of the molecule is NC(=O)c1nc(-c2ccccc2F)n2ccccc12. The van der Waals surface area contributed by atoms with Crippen molar-refractivity contribution in [1.29, 1.82) is 0 Å². The first-order valence-corrected chi connectivity index (χ1v) is 5.70. The van der Waals surface area contributed by atoms with Crippen molar-refractivity contribution in [3.05, 3.63) is 60.2 Å². The Bertz CT molecular complexity index is 779. The summed E-state index contributed by atoms with van der Waals surface area (Å²) in [6.07, 6.45) is 1.72. The summed E-state index contributed by atoms with van der Waals surface area (Å²) in [6, 6.07) is 11.6. The van der Waals surface area contributed by atoms with Crippen LogP contribution in [0.1, 0.15) is 10.5 Å². The molecule has 19 heavy (non-hydrogen) atoms. The first-order valence-electron chi connectivity index (χ1n) is 5.70. The van der Waals surface area contributed by atoms with Crippen LogP contribution in [0, 0.1) is 5.82 Å². The predicted octanol–water partition coefficient (Wildman–Crippen LogP) is 2.24. The van der Waals surface area contributed by atoms with Gasteiger partial charge < -0.3 is 5.73 Å². The minimum absolute atomic E-state index is 0.138. The molecule has 0 unspecified atom stereocenters. The van der Waals surface area contributed by atoms with E-state index in [2.05, 4.69) is 4.98 Å². The van der Waals surface area contributed by atoms with Crippen molar-refractivity contribution < 1.29 is 9.18 Å². The predicted molar refractivity (Wildman–Crippen MR) is 69.1 cm³/mol. The van der Waals surface area contributed by atoms with Gasteiger partial charge in [0.2, 0.25) is 0 Å². The topological polar surface area (TPSA) is 60.4 Å². The zero-order valence-corrected chi connectivity index (χ0v) is 9.88. The van der Waals surface area contributed by atoms with Gasteiger partial charge in [-0.25, -0.2) is 9.37 Å². The number of fused-ring (bicyclic) bond motifs is 1. The number of pyridine rings is 1. The Morgan fingerprint density at radius 2 is 1.89 bits per heavy atom. The molecule has 2 heterocycles. The van der Waals surface area contributed by atoms with Gasteiger partial charge in [-0.1, -0.05) is 18.2 Å². The molecule has 0 aliphatic heterocycles. The van der Waals surface area contributed by atoms with Crippen molar-refractivity contribution in [1.82, 2.24) is 9.38 Å². The molecule has 0 fully saturated rings. The lowest BCUT2D eigenvalue weighted by atomic mass is 10.2. The molecule has 0 atom stereocenters. The number of rotatable bonds is 2. The third-order valence-electron chi connectivity index (χ3n) is 2.90. The fourth-order valence-corrected chi connectivity index (χ4v) is 2.05. The fraction of sp³-hybridized carbons (Fsp3) is 0. The van der Waals surface area contributed by atoms with E-state index in [1.165, 1.54) is 6.07 Å². The van der Waals surface area contributed by atoms with E-state index >= 15 is 0 Å². The maximum atomic E-state index is 13.8. The van der Waals surface area contributed by atoms with Crippen LogP contribution in [0.25, 0.3) is 16.9 Å². The van der Waals surface area contributed by atoms with Crippen molar-refractivity contribution in [3.63, 3.8) is 0 Å². The number of nitrogens with two attached hydrogens (primary N) is 1. The Morgan fingerprint density at radius 3 is 2.63 bits per heavy atom. The Morgan fingerprint density at radius 1 is 1.16 bits per heavy atom. The number of benzene rings is 1. The second kappa shape index (κ2) is 4.20. The molecule has 0 aliphatic rings. The molecule has 0 saturated heterocycles. The van der Waals surface area contributed by atoms with Crippen molar-refractivity contribution in [2.24, 2.45) is 5.73 Å². The molecule has 0 aliphatic carbocycles. The fourth-order valence-electron chi connectivity index (χ4n) is 2.05. The average Bonchev–Trinajstić information content (AvgIpc) is 2.79. The number of nitrogens with zero attached hydrogens (tertiary/aromatic N) is 2. The van der Waals surface area contributed by atoms with Crippen LogP contribution in [-0.4, -0.2) is 15.3 Å². The van der Waals surface area contributed by atoms with Gasteiger partial charge in [0, 0.05) is 6.20 Å². The standard InChI is InChI=1S/C14H10FN3O/c15-10-6-2-1-5-9(10)14-17-12(13(16)19)11-7-3-4-8-18(11)14/h1-8H,(H2,16,19). The average molecular weight is 255 g/mol. The summed E-state index contributed by atoms with van der Waals surface area (Å²) < 4.78 is 15.5. The summed E-state index contributed by atoms with van der Waals surface area (Å²) in [4.78, 5) is 15.6. The molecular weight excluding hydrogens is 245 g/mol. The second-order valence-corrected chi connectivity index (χ2v) is 4.08. The minimum Gasteiger partial charge on any atom is -0.364 e. The van der Waals surface area contributed by atoms with E-state index in [0.29, 0.717) is 16.9 Å². The molecule has 0 spiro atoms. The highest BCUT2D eigenvalue weighted by atomic mass is 19.1. The van der Waals surface area contributed by atoms with Gasteiger partial charge in [0.1, 0.15) is 11.6 Å². The van der Waals surface area contributed by atoms with Gasteiger partial charge >= 0.3 is 0 Å². The number of hydrogen-bond acceptors (Lipinski definition) is 2. The molecule has 5 heteroatoms. The zero-order chi connectivity index (χ0) is 13.4. The Kier molecular flexibility index (Phi) is 2.52. The van der Waals surface area contributed by atoms with Gasteiger partial charge in [-0.05, 0) is 24.3 Å². The van der Waals surface area contributed by atoms with E-state index < -0.39 is 11.7 Å². The Hall–Kier alpha value is -2.69. The number of amides is 1. The maximum absolute atomic E-state index is 13.8. The molecule has 94 valence electrons. The Labute approximate surface area is 108 Å². The van der Waals surface area contributed by atoms with E-state index in [9.17, 15) is 9.18 Å². The highest BCUT2D eigenvalue weighted by Crippen LogP contribution is 2.24. The van der Waals surface area contributed by atoms with Crippen molar-refractivity contribution in [3.8, 4) is 11.4 Å². The van der Waals surface area contributed by atoms with Crippen molar-refractivity contribution in [2.75, 3.05) is 0 Å². The summed E-state index contributed by atoms with van der Waals surface area (Å²) >= 11 is 0. The number of primary amides is 1. The van der Waals surface area contributed by atoms with Crippen molar-refractivity contribution >= 4 is 11.4 Å². The van der Waals surface area contributed by atoms with E-state index in [4.69, 9.17) is 5.73 Å². The quantitative estimate of drug-likeness (QED) is 0.763. The highest BCUT2D eigenvalue weighted by molar-refractivity contribution is 5.98. The van der Waals surface area contributed by atoms with Crippen LogP contribution < -0.4 is 5.73 Å². The molecule has 0 radical (unpaired) electrons. The normalized spacial score (nSPS) is 10.8. The Balaban J connectivity index is 2.37. The maximum Gasteiger partial charge on any atom is 0.269 e. The largest absolute Gasteiger partial charge is 0.364 e. The minimum atomic E-state index is -0.633. The third kappa shape index (κ3) is 1.76. The number of aromatic nitrogens is 2. The highest BCUT2D eigenvalue weighted by Gasteiger charge is 2.17. The van der Waals surface area contributed by atoms with Crippen LogP contribution in [0.3, 0.4) is 0 Å². The molecule has 3 aromatic rings. The zero-order valence-electron chi connectivity index (χ0n) is 9.88. The number of carbonyl (C=O) groups excluding carboxylic acids is 1. The number of hydrogen-bond donors (Lipinski definition) is 1. The van der Waals surface area contributed by atoms with E-state index in [1.54, 1.807) is 47.0 Å². The lowest BCUT2D eigenvalue weighted by molar-refractivity contribution is 0.0997. The van der Waals surface area contributed by atoms with E-state index in [0.717, 1.165) is 0 Å². The number of halogens is 1. The van der Waals surface area contributed by atoms with E-state index in [-0.39, 0.29) is 5.69 Å². The lowest BCUT2D eigenvalue weighted by Crippen LogP contribution is -2.11. The molecule has 2 N–H and O–H groups in total. The third-order valence-corrected chi connectivity index (χ3v) is 2.90. The van der Waals surface area contributed by atoms with Gasteiger partial charge in [0.15, 0.2) is 5.69 Å². The number of carbonyl (C=O) groups is 1. The monoisotopic (exact) mass is 255 g/mol. The number of imidazole rings is 1. The van der Waals surface area contributed by atoms with Crippen LogP contribution >= 0.6 is 0 Å². The molecule has 2 aromatic heterocycles. The van der Waals surface area contributed by atoms with Crippen LogP contribution in [-0.2, 0) is 0 Å². The van der Waals surface area contributed by atoms with Crippen LogP contribution in [0.5, 0.6) is 0 Å². The molecule has 1 amide bonds. The molecular formula is C14H10FN3O. The summed E-state index contributed by atoms with van der Waals surface area (Å²) in [7, 11) is 0. The lowest BCUT2D eigenvalue weighted by Gasteiger charge is -2.01. The summed E-state index contributed by atoms with van der Waals surface area (Å²) in [6.45, 7) is 0. The van der Waals surface area contributed by atoms with Crippen LogP contribution in [0.2, 0.25) is 0 Å². The smallest absolute Gasteiger partial charge is 0.269 e. The second-order valence-electron chi connectivity index (χ2n) is 4.08. The van der Waals surface area contributed by atoms with Gasteiger partial charge in [0.05, 0.1) is 11.1 Å². The van der Waals surface area contributed by atoms with Gasteiger partial charge in [-0.15, -0.1) is 0 Å².